The minimum Gasteiger partial charge on any atom is -0.378 e. The van der Waals surface area contributed by atoms with Crippen LogP contribution >= 0.6 is 0 Å². The summed E-state index contributed by atoms with van der Waals surface area (Å²) >= 11 is 0. The van der Waals surface area contributed by atoms with Crippen molar-refractivity contribution >= 4 is 20.1 Å². The molecule has 0 aliphatic heterocycles. The Morgan fingerprint density at radius 2 is 1.46 bits per heavy atom. The molecule has 0 radical (unpaired) electrons. The molecule has 2 rings (SSSR count). The zero-order valence-electron chi connectivity index (χ0n) is 11.7. The smallest absolute Gasteiger partial charge is 0.378 e. The quantitative estimate of drug-likeness (QED) is 0.817. The van der Waals surface area contributed by atoms with Crippen molar-refractivity contribution in [3.8, 4) is 5.75 Å². The maximum absolute atomic E-state index is 12.9. The number of sulfonamides is 1. The highest BCUT2D eigenvalue weighted by Crippen LogP contribution is 2.37. The van der Waals surface area contributed by atoms with Crippen molar-refractivity contribution in [3.63, 3.8) is 0 Å². The van der Waals surface area contributed by atoms with Crippen LogP contribution in [0.1, 0.15) is 5.56 Å². The van der Waals surface area contributed by atoms with Gasteiger partial charge in [0.25, 0.3) is 0 Å². The standard InChI is InChI=1S/C13H10F3NO5S2/c14-13(15,16)11-6-1-2-7-12(11)22-24(20,21)10-5-3-4-9(8-10)23(17,18)19/h1-8H,(H2,17,18,19). The summed E-state index contributed by atoms with van der Waals surface area (Å²) in [6, 6.07) is 7.52. The van der Waals surface area contributed by atoms with Crippen molar-refractivity contribution < 1.29 is 34.2 Å². The largest absolute Gasteiger partial charge is 0.420 e. The maximum Gasteiger partial charge on any atom is 0.420 e. The SMILES string of the molecule is NS(=O)(=O)c1cccc(S(=O)(=O)Oc2ccccc2C(F)(F)F)c1. The molecular weight excluding hydrogens is 371 g/mol. The van der Waals surface area contributed by atoms with Gasteiger partial charge in [0.15, 0.2) is 5.75 Å². The first-order valence-corrected chi connectivity index (χ1v) is 9.10. The lowest BCUT2D eigenvalue weighted by Crippen LogP contribution is -2.16. The molecule has 0 saturated carbocycles. The summed E-state index contributed by atoms with van der Waals surface area (Å²) in [5, 5.41) is 4.89. The number of primary sulfonamides is 1. The van der Waals surface area contributed by atoms with E-state index in [4.69, 9.17) is 5.14 Å². The lowest BCUT2D eigenvalue weighted by Gasteiger charge is -2.13. The molecule has 0 spiro atoms. The van der Waals surface area contributed by atoms with Crippen LogP contribution in [0, 0.1) is 0 Å². The van der Waals surface area contributed by atoms with Gasteiger partial charge in [-0.1, -0.05) is 18.2 Å². The van der Waals surface area contributed by atoms with Crippen molar-refractivity contribution in [2.45, 2.75) is 16.0 Å². The maximum atomic E-state index is 12.9. The zero-order chi connectivity index (χ0) is 18.2. The van der Waals surface area contributed by atoms with Gasteiger partial charge in [-0.05, 0) is 30.3 Å². The fourth-order valence-electron chi connectivity index (χ4n) is 1.75. The molecule has 0 aromatic heterocycles. The summed E-state index contributed by atoms with van der Waals surface area (Å²) in [6.45, 7) is 0. The van der Waals surface area contributed by atoms with Gasteiger partial charge < -0.3 is 4.18 Å². The first-order valence-electron chi connectivity index (χ1n) is 6.15. The summed E-state index contributed by atoms with van der Waals surface area (Å²) in [5.41, 5.74) is -1.28. The molecular formula is C13H10F3NO5S2. The molecule has 130 valence electrons. The van der Waals surface area contributed by atoms with Gasteiger partial charge in [0.2, 0.25) is 10.0 Å². The number of benzene rings is 2. The molecule has 0 fully saturated rings. The topological polar surface area (TPSA) is 104 Å². The lowest BCUT2D eigenvalue weighted by molar-refractivity contribution is -0.138. The van der Waals surface area contributed by atoms with E-state index in [0.29, 0.717) is 12.1 Å². The molecule has 0 aliphatic carbocycles. The summed E-state index contributed by atoms with van der Waals surface area (Å²) in [7, 11) is -8.89. The average Bonchev–Trinajstić information content (AvgIpc) is 2.45. The van der Waals surface area contributed by atoms with Crippen LogP contribution in [0.2, 0.25) is 0 Å². The Balaban J connectivity index is 2.48. The van der Waals surface area contributed by atoms with Crippen molar-refractivity contribution in [1.82, 2.24) is 0 Å². The summed E-state index contributed by atoms with van der Waals surface area (Å²) in [6.07, 6.45) is -4.82. The fourth-order valence-corrected chi connectivity index (χ4v) is 3.38. The number of alkyl halides is 3. The number of halogens is 3. The fraction of sp³-hybridized carbons (Fsp3) is 0.0769. The monoisotopic (exact) mass is 381 g/mol. The van der Waals surface area contributed by atoms with Gasteiger partial charge in [-0.2, -0.15) is 21.6 Å². The average molecular weight is 381 g/mol. The Morgan fingerprint density at radius 1 is 0.875 bits per heavy atom. The molecule has 0 saturated heterocycles. The summed E-state index contributed by atoms with van der Waals surface area (Å²) in [5.74, 6) is -0.925. The number of hydrogen-bond acceptors (Lipinski definition) is 5. The molecule has 2 N–H and O–H groups in total. The highest BCUT2D eigenvalue weighted by atomic mass is 32.2. The third-order valence-electron chi connectivity index (χ3n) is 2.81. The second kappa shape index (κ2) is 6.07. The molecule has 24 heavy (non-hydrogen) atoms. The Hall–Kier alpha value is -2.11. The van der Waals surface area contributed by atoms with Gasteiger partial charge in [-0.15, -0.1) is 0 Å². The molecule has 0 heterocycles. The summed E-state index contributed by atoms with van der Waals surface area (Å²) in [4.78, 5) is -1.16. The minimum absolute atomic E-state index is 0.517. The molecule has 0 unspecified atom stereocenters. The van der Waals surface area contributed by atoms with Crippen LogP contribution in [0.5, 0.6) is 5.75 Å². The normalized spacial score (nSPS) is 12.8. The first-order chi connectivity index (χ1) is 10.9. The van der Waals surface area contributed by atoms with E-state index in [1.54, 1.807) is 0 Å². The van der Waals surface area contributed by atoms with Gasteiger partial charge in [0, 0.05) is 0 Å². The Kier molecular flexibility index (Phi) is 4.61. The van der Waals surface area contributed by atoms with E-state index in [0.717, 1.165) is 30.3 Å². The van der Waals surface area contributed by atoms with Crippen LogP contribution in [0.3, 0.4) is 0 Å². The van der Waals surface area contributed by atoms with Gasteiger partial charge in [0.05, 0.1) is 10.5 Å². The van der Waals surface area contributed by atoms with Gasteiger partial charge >= 0.3 is 16.3 Å². The number of nitrogens with two attached hydrogens (primary N) is 1. The molecule has 2 aromatic rings. The van der Waals surface area contributed by atoms with E-state index in [9.17, 15) is 30.0 Å². The van der Waals surface area contributed by atoms with Crippen LogP contribution in [-0.2, 0) is 26.3 Å². The molecule has 2 aromatic carbocycles. The Labute approximate surface area is 135 Å². The van der Waals surface area contributed by atoms with Crippen LogP contribution in [0.15, 0.2) is 58.3 Å². The Morgan fingerprint density at radius 3 is 2.04 bits per heavy atom. The van der Waals surface area contributed by atoms with Gasteiger partial charge in [-0.3, -0.25) is 0 Å². The first kappa shape index (κ1) is 18.2. The third kappa shape index (κ3) is 4.04. The third-order valence-corrected chi connectivity index (χ3v) is 4.96. The lowest BCUT2D eigenvalue weighted by atomic mass is 10.2. The van der Waals surface area contributed by atoms with Crippen molar-refractivity contribution in [2.24, 2.45) is 5.14 Å². The zero-order valence-corrected chi connectivity index (χ0v) is 13.3. The molecule has 0 aliphatic rings. The van der Waals surface area contributed by atoms with E-state index < -0.39 is 47.4 Å². The van der Waals surface area contributed by atoms with E-state index in [1.807, 2.05) is 0 Å². The van der Waals surface area contributed by atoms with E-state index in [1.165, 1.54) is 6.07 Å². The molecule has 6 nitrogen and oxygen atoms in total. The van der Waals surface area contributed by atoms with Crippen LogP contribution in [-0.4, -0.2) is 16.8 Å². The second-order valence-corrected chi connectivity index (χ2v) is 7.66. The highest BCUT2D eigenvalue weighted by Gasteiger charge is 2.35. The molecule has 0 amide bonds. The second-order valence-electron chi connectivity index (χ2n) is 4.55. The van der Waals surface area contributed by atoms with E-state index >= 15 is 0 Å². The molecule has 0 atom stereocenters. The van der Waals surface area contributed by atoms with Gasteiger partial charge in [-0.25, -0.2) is 13.6 Å². The number of para-hydroxylation sites is 1. The van der Waals surface area contributed by atoms with Crippen molar-refractivity contribution in [2.75, 3.05) is 0 Å². The van der Waals surface area contributed by atoms with Crippen LogP contribution in [0.4, 0.5) is 13.2 Å². The van der Waals surface area contributed by atoms with Gasteiger partial charge in [0.1, 0.15) is 4.90 Å². The molecule has 11 heteroatoms. The summed E-state index contributed by atoms with van der Waals surface area (Å²) < 4.78 is 89.9. The van der Waals surface area contributed by atoms with Crippen molar-refractivity contribution in [1.29, 1.82) is 0 Å². The van der Waals surface area contributed by atoms with E-state index in [-0.39, 0.29) is 0 Å². The Bertz CT molecular complexity index is 969. The highest BCUT2D eigenvalue weighted by molar-refractivity contribution is 7.89. The number of rotatable bonds is 4. The predicted molar refractivity (Wildman–Crippen MR) is 77.1 cm³/mol. The predicted octanol–water partition coefficient (Wildman–Crippen LogP) is 2.12. The molecule has 0 bridgehead atoms. The van der Waals surface area contributed by atoms with Crippen molar-refractivity contribution in [3.05, 3.63) is 54.1 Å². The van der Waals surface area contributed by atoms with Crippen LogP contribution in [0.25, 0.3) is 0 Å². The number of hydrogen-bond donors (Lipinski definition) is 1. The van der Waals surface area contributed by atoms with Crippen LogP contribution < -0.4 is 9.32 Å². The van der Waals surface area contributed by atoms with E-state index in [2.05, 4.69) is 4.18 Å². The minimum atomic E-state index is -4.82.